The van der Waals surface area contributed by atoms with Crippen molar-refractivity contribution in [1.29, 1.82) is 0 Å². The molecule has 21 heavy (non-hydrogen) atoms. The van der Waals surface area contributed by atoms with Gasteiger partial charge in [-0.2, -0.15) is 0 Å². The summed E-state index contributed by atoms with van der Waals surface area (Å²) in [5.74, 6) is -0.197. The standard InChI is InChI=1S/C18H14FOP/c19-14-11-12-17(20)18(13-14)21(15-7-3-1-4-8-15)16-9-5-2-6-10-16/h1-13,20H. The van der Waals surface area contributed by atoms with Gasteiger partial charge in [0.25, 0.3) is 0 Å². The third-order valence-corrected chi connectivity index (χ3v) is 5.68. The van der Waals surface area contributed by atoms with Gasteiger partial charge in [0.05, 0.1) is 0 Å². The molecule has 3 aromatic rings. The van der Waals surface area contributed by atoms with Crippen LogP contribution < -0.4 is 15.9 Å². The Balaban J connectivity index is 2.20. The van der Waals surface area contributed by atoms with Gasteiger partial charge in [-0.1, -0.05) is 60.7 Å². The van der Waals surface area contributed by atoms with Gasteiger partial charge in [-0.05, 0) is 36.7 Å². The zero-order valence-electron chi connectivity index (χ0n) is 11.3. The van der Waals surface area contributed by atoms with E-state index < -0.39 is 7.92 Å². The van der Waals surface area contributed by atoms with E-state index >= 15 is 0 Å². The fourth-order valence-corrected chi connectivity index (χ4v) is 4.61. The van der Waals surface area contributed by atoms with Crippen LogP contribution in [0.25, 0.3) is 0 Å². The van der Waals surface area contributed by atoms with Crippen LogP contribution in [-0.2, 0) is 0 Å². The van der Waals surface area contributed by atoms with E-state index in [4.69, 9.17) is 0 Å². The maximum absolute atomic E-state index is 13.6. The van der Waals surface area contributed by atoms with Crippen molar-refractivity contribution in [2.75, 3.05) is 0 Å². The van der Waals surface area contributed by atoms with E-state index in [-0.39, 0.29) is 11.6 Å². The average molecular weight is 296 g/mol. The molecular formula is C18H14FOP. The number of halogens is 1. The smallest absolute Gasteiger partial charge is 0.124 e. The first-order valence-corrected chi connectivity index (χ1v) is 7.98. The van der Waals surface area contributed by atoms with E-state index in [2.05, 4.69) is 0 Å². The first-order valence-electron chi connectivity index (χ1n) is 6.64. The monoisotopic (exact) mass is 296 g/mol. The highest BCUT2D eigenvalue weighted by Crippen LogP contribution is 2.36. The minimum Gasteiger partial charge on any atom is -0.507 e. The lowest BCUT2D eigenvalue weighted by Crippen LogP contribution is -2.21. The molecule has 0 unspecified atom stereocenters. The molecule has 0 radical (unpaired) electrons. The summed E-state index contributed by atoms with van der Waals surface area (Å²) in [6.07, 6.45) is 0. The highest BCUT2D eigenvalue weighted by atomic mass is 31.1. The number of phenolic OH excluding ortho intramolecular Hbond substituents is 1. The van der Waals surface area contributed by atoms with Gasteiger partial charge in [0.15, 0.2) is 0 Å². The molecule has 0 aliphatic rings. The lowest BCUT2D eigenvalue weighted by Gasteiger charge is -2.20. The van der Waals surface area contributed by atoms with Crippen molar-refractivity contribution in [2.45, 2.75) is 0 Å². The first-order chi connectivity index (χ1) is 10.3. The fraction of sp³-hybridized carbons (Fsp3) is 0. The third kappa shape index (κ3) is 2.96. The van der Waals surface area contributed by atoms with Gasteiger partial charge in [-0.25, -0.2) is 4.39 Å². The Morgan fingerprint density at radius 2 is 1.24 bits per heavy atom. The Morgan fingerprint density at radius 1 is 0.714 bits per heavy atom. The minimum absolute atomic E-state index is 0.134. The topological polar surface area (TPSA) is 20.2 Å². The zero-order valence-corrected chi connectivity index (χ0v) is 12.2. The lowest BCUT2D eigenvalue weighted by molar-refractivity contribution is 0.478. The summed E-state index contributed by atoms with van der Waals surface area (Å²) < 4.78 is 13.6. The van der Waals surface area contributed by atoms with Crippen molar-refractivity contribution in [2.24, 2.45) is 0 Å². The molecule has 0 spiro atoms. The predicted octanol–water partition coefficient (Wildman–Crippen LogP) is 3.29. The first kappa shape index (κ1) is 13.8. The number of benzene rings is 3. The van der Waals surface area contributed by atoms with E-state index in [1.54, 1.807) is 0 Å². The number of rotatable bonds is 3. The van der Waals surface area contributed by atoms with Crippen LogP contribution >= 0.6 is 7.92 Å². The molecule has 0 amide bonds. The number of hydrogen-bond donors (Lipinski definition) is 1. The molecule has 104 valence electrons. The molecule has 0 atom stereocenters. The van der Waals surface area contributed by atoms with Crippen molar-refractivity contribution in [1.82, 2.24) is 0 Å². The van der Waals surface area contributed by atoms with Crippen LogP contribution in [0.1, 0.15) is 0 Å². The van der Waals surface area contributed by atoms with Crippen LogP contribution in [0, 0.1) is 5.82 Å². The van der Waals surface area contributed by atoms with Gasteiger partial charge < -0.3 is 5.11 Å². The Bertz CT molecular complexity index is 689. The molecule has 0 saturated heterocycles. The Morgan fingerprint density at radius 3 is 1.76 bits per heavy atom. The lowest BCUT2D eigenvalue weighted by atomic mass is 10.3. The second kappa shape index (κ2) is 6.07. The van der Waals surface area contributed by atoms with Gasteiger partial charge in [0, 0.05) is 5.30 Å². The zero-order chi connectivity index (χ0) is 14.7. The molecule has 1 nitrogen and oxygen atoms in total. The molecule has 3 aromatic carbocycles. The SMILES string of the molecule is Oc1ccc(F)cc1P(c1ccccc1)c1ccccc1. The normalized spacial score (nSPS) is 10.8. The van der Waals surface area contributed by atoms with Crippen molar-refractivity contribution in [3.05, 3.63) is 84.7 Å². The van der Waals surface area contributed by atoms with E-state index in [9.17, 15) is 9.50 Å². The maximum Gasteiger partial charge on any atom is 0.124 e. The highest BCUT2D eigenvalue weighted by Gasteiger charge is 2.19. The number of phenols is 1. The van der Waals surface area contributed by atoms with Gasteiger partial charge in [-0.3, -0.25) is 0 Å². The third-order valence-electron chi connectivity index (χ3n) is 3.21. The van der Waals surface area contributed by atoms with Crippen LogP contribution in [-0.4, -0.2) is 5.11 Å². The molecule has 1 N–H and O–H groups in total. The highest BCUT2D eigenvalue weighted by molar-refractivity contribution is 7.80. The molecule has 0 aromatic heterocycles. The maximum atomic E-state index is 13.6. The molecular weight excluding hydrogens is 282 g/mol. The molecule has 0 aliphatic heterocycles. The van der Waals surface area contributed by atoms with Crippen LogP contribution in [0.15, 0.2) is 78.9 Å². The van der Waals surface area contributed by atoms with Crippen molar-refractivity contribution < 1.29 is 9.50 Å². The van der Waals surface area contributed by atoms with E-state index in [0.29, 0.717) is 5.30 Å². The molecule has 0 fully saturated rings. The summed E-state index contributed by atoms with van der Waals surface area (Å²) in [7, 11) is -0.973. The Labute approximate surface area is 124 Å². The minimum atomic E-state index is -0.973. The second-order valence-corrected chi connectivity index (χ2v) is 6.82. The largest absolute Gasteiger partial charge is 0.507 e. The van der Waals surface area contributed by atoms with Crippen LogP contribution in [0.3, 0.4) is 0 Å². The summed E-state index contributed by atoms with van der Waals surface area (Å²) in [6.45, 7) is 0. The van der Waals surface area contributed by atoms with Crippen LogP contribution in [0.2, 0.25) is 0 Å². The van der Waals surface area contributed by atoms with Crippen LogP contribution in [0.4, 0.5) is 4.39 Å². The quantitative estimate of drug-likeness (QED) is 0.735. The summed E-state index contributed by atoms with van der Waals surface area (Å²) in [6, 6.07) is 24.0. The number of aromatic hydroxyl groups is 1. The molecule has 0 bridgehead atoms. The van der Waals surface area contributed by atoms with Crippen LogP contribution in [0.5, 0.6) is 5.75 Å². The van der Waals surface area contributed by atoms with E-state index in [1.807, 2.05) is 60.7 Å². The molecule has 3 heteroatoms. The average Bonchev–Trinajstić information content (AvgIpc) is 2.53. The van der Waals surface area contributed by atoms with Gasteiger partial charge in [-0.15, -0.1) is 0 Å². The molecule has 0 aliphatic carbocycles. The predicted molar refractivity (Wildman–Crippen MR) is 86.8 cm³/mol. The van der Waals surface area contributed by atoms with Crippen molar-refractivity contribution in [3.63, 3.8) is 0 Å². The fourth-order valence-electron chi connectivity index (χ4n) is 2.26. The molecule has 0 saturated carbocycles. The summed E-state index contributed by atoms with van der Waals surface area (Å²) in [5.41, 5.74) is 0. The summed E-state index contributed by atoms with van der Waals surface area (Å²) >= 11 is 0. The van der Waals surface area contributed by atoms with Gasteiger partial charge in [0.1, 0.15) is 11.6 Å². The van der Waals surface area contributed by atoms with Gasteiger partial charge >= 0.3 is 0 Å². The molecule has 0 heterocycles. The Hall–Kier alpha value is -2.18. The summed E-state index contributed by atoms with van der Waals surface area (Å²) in [5, 5.41) is 13.0. The Kier molecular flexibility index (Phi) is 3.98. The van der Waals surface area contributed by atoms with Crippen molar-refractivity contribution in [3.8, 4) is 5.75 Å². The number of hydrogen-bond acceptors (Lipinski definition) is 1. The summed E-state index contributed by atoms with van der Waals surface area (Å²) in [4.78, 5) is 0. The van der Waals surface area contributed by atoms with E-state index in [0.717, 1.165) is 10.6 Å². The van der Waals surface area contributed by atoms with E-state index in [1.165, 1.54) is 18.2 Å². The van der Waals surface area contributed by atoms with Crippen molar-refractivity contribution >= 4 is 23.8 Å². The second-order valence-electron chi connectivity index (χ2n) is 4.64. The molecule has 3 rings (SSSR count). The van der Waals surface area contributed by atoms with Gasteiger partial charge in [0.2, 0.25) is 0 Å².